The monoisotopic (exact) mass is 438 g/mol. The molecule has 0 spiro atoms. The van der Waals surface area contributed by atoms with Gasteiger partial charge in [0.25, 0.3) is 5.91 Å². The number of ether oxygens (including phenoxy) is 2. The first kappa shape index (κ1) is 20.6. The molecule has 3 aromatic carbocycles. The lowest BCUT2D eigenvalue weighted by Gasteiger charge is -2.22. The zero-order valence-corrected chi connectivity index (χ0v) is 18.3. The maximum Gasteiger partial charge on any atom is 0.274 e. The Labute approximate surface area is 191 Å². The van der Waals surface area contributed by atoms with E-state index >= 15 is 0 Å². The fraction of sp³-hybridized carbons (Fsp3) is 0.154. The number of rotatable bonds is 5. The van der Waals surface area contributed by atoms with Crippen LogP contribution in [0.15, 0.2) is 84.2 Å². The third-order valence-electron chi connectivity index (χ3n) is 5.76. The van der Waals surface area contributed by atoms with E-state index in [0.717, 1.165) is 33.6 Å². The minimum atomic E-state index is -0.261. The molecule has 7 heteroatoms. The molecule has 0 aliphatic carbocycles. The first-order chi connectivity index (χ1) is 16.2. The van der Waals surface area contributed by atoms with Crippen LogP contribution in [-0.2, 0) is 0 Å². The molecule has 0 N–H and O–H groups in total. The molecule has 4 aromatic rings. The Bertz CT molecular complexity index is 1330. The average molecular weight is 438 g/mol. The Balaban J connectivity index is 1.54. The number of amides is 1. The third-order valence-corrected chi connectivity index (χ3v) is 5.76. The van der Waals surface area contributed by atoms with Crippen molar-refractivity contribution in [3.05, 3.63) is 95.8 Å². The van der Waals surface area contributed by atoms with E-state index in [4.69, 9.17) is 14.6 Å². The summed E-state index contributed by atoms with van der Waals surface area (Å²) in [5, 5.41) is 6.33. The van der Waals surface area contributed by atoms with E-state index in [1.54, 1.807) is 55.9 Å². The molecule has 1 unspecified atom stereocenters. The van der Waals surface area contributed by atoms with Crippen molar-refractivity contribution in [1.29, 1.82) is 0 Å². The van der Waals surface area contributed by atoms with Gasteiger partial charge in [0.2, 0.25) is 0 Å². The van der Waals surface area contributed by atoms with Crippen LogP contribution in [0, 0.1) is 0 Å². The highest BCUT2D eigenvalue weighted by Gasteiger charge is 2.34. The molecule has 0 fully saturated rings. The summed E-state index contributed by atoms with van der Waals surface area (Å²) in [6.07, 6.45) is 3.92. The third kappa shape index (κ3) is 4.01. The molecule has 0 saturated heterocycles. The molecule has 1 aliphatic rings. The van der Waals surface area contributed by atoms with Crippen molar-refractivity contribution in [2.75, 3.05) is 14.2 Å². The lowest BCUT2D eigenvalue weighted by molar-refractivity contribution is 0.0711. The molecule has 1 aromatic heterocycles. The lowest BCUT2D eigenvalue weighted by Crippen LogP contribution is -2.27. The van der Waals surface area contributed by atoms with Crippen LogP contribution >= 0.6 is 0 Å². The van der Waals surface area contributed by atoms with Crippen LogP contribution in [0.1, 0.15) is 33.9 Å². The van der Waals surface area contributed by atoms with E-state index in [0.29, 0.717) is 17.7 Å². The average Bonchev–Trinajstić information content (AvgIpc) is 3.33. The van der Waals surface area contributed by atoms with Gasteiger partial charge < -0.3 is 9.47 Å². The number of aromatic nitrogens is 2. The number of benzene rings is 3. The van der Waals surface area contributed by atoms with Crippen molar-refractivity contribution < 1.29 is 14.3 Å². The second kappa shape index (κ2) is 8.70. The van der Waals surface area contributed by atoms with Crippen LogP contribution in [0.2, 0.25) is 0 Å². The van der Waals surface area contributed by atoms with Gasteiger partial charge in [0.15, 0.2) is 0 Å². The zero-order chi connectivity index (χ0) is 22.8. The topological polar surface area (TPSA) is 76.9 Å². The van der Waals surface area contributed by atoms with Crippen LogP contribution in [0.4, 0.5) is 0 Å². The second-order valence-corrected chi connectivity index (χ2v) is 7.68. The van der Waals surface area contributed by atoms with E-state index in [-0.39, 0.29) is 11.9 Å². The number of nitrogens with zero attached hydrogens (tertiary/aromatic N) is 4. The number of hydrogen-bond acceptors (Lipinski definition) is 6. The number of methoxy groups -OCH3 is 2. The Morgan fingerprint density at radius 3 is 2.15 bits per heavy atom. The minimum absolute atomic E-state index is 0.176. The van der Waals surface area contributed by atoms with Gasteiger partial charge in [-0.25, -0.2) is 5.01 Å². The Hall–Kier alpha value is -4.26. The summed E-state index contributed by atoms with van der Waals surface area (Å²) in [7, 11) is 3.23. The van der Waals surface area contributed by atoms with Crippen molar-refractivity contribution >= 4 is 22.7 Å². The minimum Gasteiger partial charge on any atom is -0.497 e. The SMILES string of the molecule is COc1ccc(C(=O)N2N=C(c3ccc(OC)cc3)CC2c2ccc3nccnc3c2)cc1. The molecule has 7 nitrogen and oxygen atoms in total. The molecule has 0 saturated carbocycles. The number of carbonyl (C=O) groups is 1. The maximum atomic E-state index is 13.5. The lowest BCUT2D eigenvalue weighted by atomic mass is 9.97. The van der Waals surface area contributed by atoms with Gasteiger partial charge in [0.05, 0.1) is 37.0 Å². The van der Waals surface area contributed by atoms with Gasteiger partial charge in [-0.15, -0.1) is 0 Å². The molecule has 5 rings (SSSR count). The fourth-order valence-corrected chi connectivity index (χ4v) is 3.97. The van der Waals surface area contributed by atoms with E-state index in [1.807, 2.05) is 42.5 Å². The van der Waals surface area contributed by atoms with E-state index < -0.39 is 0 Å². The Kier molecular flexibility index (Phi) is 5.44. The van der Waals surface area contributed by atoms with Gasteiger partial charge in [-0.3, -0.25) is 14.8 Å². The molecular formula is C26H22N4O3. The largest absolute Gasteiger partial charge is 0.497 e. The van der Waals surface area contributed by atoms with Crippen LogP contribution < -0.4 is 9.47 Å². The van der Waals surface area contributed by atoms with Crippen LogP contribution in [-0.4, -0.2) is 40.8 Å². The van der Waals surface area contributed by atoms with Gasteiger partial charge >= 0.3 is 0 Å². The van der Waals surface area contributed by atoms with Crippen molar-refractivity contribution in [3.8, 4) is 11.5 Å². The first-order valence-electron chi connectivity index (χ1n) is 10.6. The van der Waals surface area contributed by atoms with E-state index in [9.17, 15) is 4.79 Å². The number of fused-ring (bicyclic) bond motifs is 1. The summed E-state index contributed by atoms with van der Waals surface area (Å²) in [5.41, 5.74) is 4.88. The summed E-state index contributed by atoms with van der Waals surface area (Å²) in [4.78, 5) is 22.3. The highest BCUT2D eigenvalue weighted by atomic mass is 16.5. The summed E-state index contributed by atoms with van der Waals surface area (Å²) in [6, 6.07) is 20.4. The van der Waals surface area contributed by atoms with E-state index in [2.05, 4.69) is 9.97 Å². The molecular weight excluding hydrogens is 416 g/mol. The van der Waals surface area contributed by atoms with Crippen LogP contribution in [0.3, 0.4) is 0 Å². The quantitative estimate of drug-likeness (QED) is 0.454. The van der Waals surface area contributed by atoms with Gasteiger partial charge in [0, 0.05) is 24.4 Å². The Morgan fingerprint density at radius 2 is 1.48 bits per heavy atom. The maximum absolute atomic E-state index is 13.5. The molecule has 0 bridgehead atoms. The van der Waals surface area contributed by atoms with E-state index in [1.165, 1.54) is 0 Å². The van der Waals surface area contributed by atoms with Crippen molar-refractivity contribution in [3.63, 3.8) is 0 Å². The predicted molar refractivity (Wildman–Crippen MR) is 126 cm³/mol. The fourth-order valence-electron chi connectivity index (χ4n) is 3.97. The number of hydrazone groups is 1. The van der Waals surface area contributed by atoms with Gasteiger partial charge in [-0.2, -0.15) is 5.10 Å². The molecule has 1 aliphatic heterocycles. The normalized spacial score (nSPS) is 15.4. The molecule has 1 amide bonds. The van der Waals surface area contributed by atoms with Crippen molar-refractivity contribution in [1.82, 2.24) is 15.0 Å². The Morgan fingerprint density at radius 1 is 0.848 bits per heavy atom. The second-order valence-electron chi connectivity index (χ2n) is 7.68. The molecule has 33 heavy (non-hydrogen) atoms. The molecule has 1 atom stereocenters. The number of carbonyl (C=O) groups excluding carboxylic acids is 1. The highest BCUT2D eigenvalue weighted by molar-refractivity contribution is 6.05. The first-order valence-corrected chi connectivity index (χ1v) is 10.6. The smallest absolute Gasteiger partial charge is 0.274 e. The molecule has 164 valence electrons. The summed E-state index contributed by atoms with van der Waals surface area (Å²) < 4.78 is 10.5. The summed E-state index contributed by atoms with van der Waals surface area (Å²) in [5.74, 6) is 1.29. The predicted octanol–water partition coefficient (Wildman–Crippen LogP) is 4.64. The van der Waals surface area contributed by atoms with Crippen molar-refractivity contribution in [2.45, 2.75) is 12.5 Å². The summed E-state index contributed by atoms with van der Waals surface area (Å²) >= 11 is 0. The number of hydrogen-bond donors (Lipinski definition) is 0. The van der Waals surface area contributed by atoms with Crippen molar-refractivity contribution in [2.24, 2.45) is 5.10 Å². The van der Waals surface area contributed by atoms with Gasteiger partial charge in [0.1, 0.15) is 11.5 Å². The zero-order valence-electron chi connectivity index (χ0n) is 18.3. The molecule has 2 heterocycles. The summed E-state index contributed by atoms with van der Waals surface area (Å²) in [6.45, 7) is 0. The van der Waals surface area contributed by atoms with Crippen LogP contribution in [0.5, 0.6) is 11.5 Å². The van der Waals surface area contributed by atoms with Gasteiger partial charge in [-0.1, -0.05) is 6.07 Å². The van der Waals surface area contributed by atoms with Crippen LogP contribution in [0.25, 0.3) is 11.0 Å². The standard InChI is InChI=1S/C26H22N4O3/c1-32-20-8-3-17(4-9-20)23-16-25(19-7-12-22-24(15-19)28-14-13-27-22)30(29-23)26(31)18-5-10-21(33-2)11-6-18/h3-15,25H,16H2,1-2H3. The van der Waals surface area contributed by atoms with Gasteiger partial charge in [-0.05, 0) is 71.8 Å². The molecule has 0 radical (unpaired) electrons. The highest BCUT2D eigenvalue weighted by Crippen LogP contribution is 2.35.